The highest BCUT2D eigenvalue weighted by Crippen LogP contribution is 2.23. The molecule has 0 amide bonds. The Morgan fingerprint density at radius 2 is 1.27 bits per heavy atom. The van der Waals surface area contributed by atoms with Crippen molar-refractivity contribution >= 4 is 25.7 Å². The summed E-state index contributed by atoms with van der Waals surface area (Å²) in [5, 5.41) is 5.07. The van der Waals surface area contributed by atoms with E-state index in [2.05, 4.69) is 4.72 Å². The minimum absolute atomic E-state index is 0.0678. The molecule has 0 atom stereocenters. The van der Waals surface area contributed by atoms with Gasteiger partial charge < -0.3 is 0 Å². The van der Waals surface area contributed by atoms with Crippen molar-refractivity contribution in [1.29, 1.82) is 0 Å². The van der Waals surface area contributed by atoms with Crippen molar-refractivity contribution in [2.45, 2.75) is 9.79 Å². The molecule has 0 heterocycles. The molecule has 0 bridgehead atoms. The molecule has 0 unspecified atom stereocenters. The van der Waals surface area contributed by atoms with Crippen LogP contribution in [0, 0.1) is 0 Å². The largest absolute Gasteiger partial charge is 0.280 e. The molecule has 0 aromatic heterocycles. The van der Waals surface area contributed by atoms with Gasteiger partial charge in [0.1, 0.15) is 0 Å². The van der Waals surface area contributed by atoms with Crippen LogP contribution in [-0.4, -0.2) is 16.8 Å². The Morgan fingerprint density at radius 1 is 0.654 bits per heavy atom. The molecule has 0 saturated heterocycles. The minimum atomic E-state index is -3.92. The molecule has 6 nitrogen and oxygen atoms in total. The molecule has 0 aliphatic carbocycles. The van der Waals surface area contributed by atoms with Crippen LogP contribution in [0.5, 0.6) is 0 Å². The predicted molar refractivity (Wildman–Crippen MR) is 101 cm³/mol. The molecule has 0 radical (unpaired) electrons. The van der Waals surface area contributed by atoms with Crippen molar-refractivity contribution in [3.05, 3.63) is 78.9 Å². The molecule has 0 aliphatic heterocycles. The molecule has 3 N–H and O–H groups in total. The average Bonchev–Trinajstić information content (AvgIpc) is 2.62. The van der Waals surface area contributed by atoms with E-state index in [1.54, 1.807) is 12.1 Å². The van der Waals surface area contributed by atoms with Gasteiger partial charge in [-0.2, -0.15) is 0 Å². The Hall–Kier alpha value is -2.68. The second kappa shape index (κ2) is 6.91. The monoisotopic (exact) mass is 388 g/mol. The summed E-state index contributed by atoms with van der Waals surface area (Å²) in [6, 6.07) is 21.3. The fourth-order valence-electron chi connectivity index (χ4n) is 2.41. The molecular weight excluding hydrogens is 372 g/mol. The number of hydrogen-bond donors (Lipinski definition) is 2. The summed E-state index contributed by atoms with van der Waals surface area (Å²) < 4.78 is 50.2. The van der Waals surface area contributed by atoms with Crippen LogP contribution in [0.15, 0.2) is 88.7 Å². The summed E-state index contributed by atoms with van der Waals surface area (Å²) in [5.74, 6) is 0. The van der Waals surface area contributed by atoms with E-state index in [9.17, 15) is 16.8 Å². The maximum atomic E-state index is 12.5. The number of hydrogen-bond acceptors (Lipinski definition) is 4. The molecule has 0 saturated carbocycles. The van der Waals surface area contributed by atoms with Crippen LogP contribution in [0.25, 0.3) is 11.1 Å². The zero-order chi connectivity index (χ0) is 18.8. The van der Waals surface area contributed by atoms with Crippen molar-refractivity contribution in [2.24, 2.45) is 5.14 Å². The molecule has 8 heteroatoms. The first-order valence-corrected chi connectivity index (χ1v) is 10.6. The van der Waals surface area contributed by atoms with Gasteiger partial charge in [-0.15, -0.1) is 0 Å². The van der Waals surface area contributed by atoms with E-state index >= 15 is 0 Å². The van der Waals surface area contributed by atoms with E-state index in [0.29, 0.717) is 0 Å². The summed E-state index contributed by atoms with van der Waals surface area (Å²) in [6.45, 7) is 0. The maximum absolute atomic E-state index is 12.5. The zero-order valence-corrected chi connectivity index (χ0v) is 15.2. The smallest absolute Gasteiger partial charge is 0.261 e. The number of nitrogens with two attached hydrogens (primary N) is 1. The summed E-state index contributed by atoms with van der Waals surface area (Å²) in [4.78, 5) is -0.102. The second-order valence-corrected chi connectivity index (χ2v) is 8.81. The van der Waals surface area contributed by atoms with Crippen LogP contribution >= 0.6 is 0 Å². The summed E-state index contributed by atoms with van der Waals surface area (Å²) in [5.41, 5.74) is 1.98. The Kier molecular flexibility index (Phi) is 4.82. The van der Waals surface area contributed by atoms with Gasteiger partial charge in [0.05, 0.1) is 15.5 Å². The normalized spacial score (nSPS) is 11.9. The van der Waals surface area contributed by atoms with Gasteiger partial charge in [0.2, 0.25) is 10.0 Å². The number of sulfonamides is 2. The lowest BCUT2D eigenvalue weighted by molar-refractivity contribution is 0.596. The molecule has 0 spiro atoms. The van der Waals surface area contributed by atoms with Crippen molar-refractivity contribution in [1.82, 2.24) is 0 Å². The Labute approximate surface area is 152 Å². The van der Waals surface area contributed by atoms with Crippen molar-refractivity contribution < 1.29 is 16.8 Å². The molecule has 0 aliphatic rings. The van der Waals surface area contributed by atoms with Gasteiger partial charge in [-0.1, -0.05) is 48.5 Å². The Balaban J connectivity index is 1.87. The highest BCUT2D eigenvalue weighted by molar-refractivity contribution is 7.92. The van der Waals surface area contributed by atoms with Crippen LogP contribution in [0.2, 0.25) is 0 Å². The van der Waals surface area contributed by atoms with Crippen molar-refractivity contribution in [3.63, 3.8) is 0 Å². The lowest BCUT2D eigenvalue weighted by atomic mass is 10.1. The molecular formula is C18H16N2O4S2. The zero-order valence-electron chi connectivity index (χ0n) is 13.5. The number of primary sulfonamides is 1. The Morgan fingerprint density at radius 3 is 1.88 bits per heavy atom. The van der Waals surface area contributed by atoms with E-state index in [0.717, 1.165) is 11.1 Å². The highest BCUT2D eigenvalue weighted by atomic mass is 32.2. The van der Waals surface area contributed by atoms with Crippen molar-refractivity contribution in [3.8, 4) is 11.1 Å². The van der Waals surface area contributed by atoms with Gasteiger partial charge in [-0.05, 0) is 41.5 Å². The van der Waals surface area contributed by atoms with E-state index in [1.165, 1.54) is 36.4 Å². The van der Waals surface area contributed by atoms with Gasteiger partial charge in [-0.25, -0.2) is 22.0 Å². The van der Waals surface area contributed by atoms with Crippen LogP contribution in [0.3, 0.4) is 0 Å². The number of rotatable bonds is 5. The third-order valence-electron chi connectivity index (χ3n) is 3.69. The summed E-state index contributed by atoms with van der Waals surface area (Å²) in [6.07, 6.45) is 0. The van der Waals surface area contributed by atoms with E-state index in [1.807, 2.05) is 30.3 Å². The van der Waals surface area contributed by atoms with Gasteiger partial charge in [0.15, 0.2) is 0 Å². The SMILES string of the molecule is NS(=O)(=O)c1cccc(NS(=O)(=O)c2ccc(-c3ccccc3)cc2)c1. The average molecular weight is 388 g/mol. The van der Waals surface area contributed by atoms with E-state index in [-0.39, 0.29) is 15.5 Å². The first-order valence-electron chi connectivity index (χ1n) is 7.57. The van der Waals surface area contributed by atoms with Gasteiger partial charge in [0, 0.05) is 0 Å². The van der Waals surface area contributed by atoms with Gasteiger partial charge in [0.25, 0.3) is 10.0 Å². The molecule has 26 heavy (non-hydrogen) atoms. The van der Waals surface area contributed by atoms with Crippen molar-refractivity contribution in [2.75, 3.05) is 4.72 Å². The second-order valence-electron chi connectivity index (χ2n) is 5.57. The van der Waals surface area contributed by atoms with Crippen LogP contribution in [0.4, 0.5) is 5.69 Å². The molecule has 0 fully saturated rings. The highest BCUT2D eigenvalue weighted by Gasteiger charge is 2.16. The molecule has 3 aromatic carbocycles. The van der Waals surface area contributed by atoms with Crippen LogP contribution in [0.1, 0.15) is 0 Å². The topological polar surface area (TPSA) is 106 Å². The van der Waals surface area contributed by atoms with Crippen LogP contribution in [-0.2, 0) is 20.0 Å². The number of benzene rings is 3. The third kappa shape index (κ3) is 4.10. The Bertz CT molecular complexity index is 1130. The molecule has 134 valence electrons. The van der Waals surface area contributed by atoms with Gasteiger partial charge >= 0.3 is 0 Å². The third-order valence-corrected chi connectivity index (χ3v) is 5.99. The first-order chi connectivity index (χ1) is 12.3. The first kappa shape index (κ1) is 18.1. The quantitative estimate of drug-likeness (QED) is 0.701. The van der Waals surface area contributed by atoms with E-state index < -0.39 is 20.0 Å². The minimum Gasteiger partial charge on any atom is -0.280 e. The predicted octanol–water partition coefficient (Wildman–Crippen LogP) is 2.80. The fraction of sp³-hybridized carbons (Fsp3) is 0. The number of anilines is 1. The summed E-state index contributed by atoms with van der Waals surface area (Å²) >= 11 is 0. The summed E-state index contributed by atoms with van der Waals surface area (Å²) in [7, 11) is -7.78. The standard InChI is InChI=1S/C18H16N2O4S2/c19-25(21,22)18-8-4-7-16(13-18)20-26(23,24)17-11-9-15(10-12-17)14-5-2-1-3-6-14/h1-13,20H,(H2,19,21,22). The molecule has 3 rings (SSSR count). The fourth-order valence-corrected chi connectivity index (χ4v) is 4.02. The lowest BCUT2D eigenvalue weighted by Crippen LogP contribution is -2.15. The molecule has 3 aromatic rings. The number of nitrogens with one attached hydrogen (secondary N) is 1. The van der Waals surface area contributed by atoms with Gasteiger partial charge in [-0.3, -0.25) is 4.72 Å². The van der Waals surface area contributed by atoms with E-state index in [4.69, 9.17) is 5.14 Å². The lowest BCUT2D eigenvalue weighted by Gasteiger charge is -2.10. The maximum Gasteiger partial charge on any atom is 0.261 e. The van der Waals surface area contributed by atoms with Crippen LogP contribution < -0.4 is 9.86 Å².